The summed E-state index contributed by atoms with van der Waals surface area (Å²) in [5.74, 6) is 0.613. The number of carbonyl (C=O) groups is 1. The van der Waals surface area contributed by atoms with Crippen LogP contribution in [0.25, 0.3) is 0 Å². The third kappa shape index (κ3) is 7.27. The first-order valence-corrected chi connectivity index (χ1v) is 10.3. The number of amides is 1. The normalized spacial score (nSPS) is 20.9. The monoisotopic (exact) mass is 383 g/mol. The summed E-state index contributed by atoms with van der Waals surface area (Å²) in [7, 11) is 1.62. The van der Waals surface area contributed by atoms with E-state index in [0.717, 1.165) is 39.4 Å². The summed E-state index contributed by atoms with van der Waals surface area (Å²) in [4.78, 5) is 18.9. The summed E-state index contributed by atoms with van der Waals surface area (Å²) in [5, 5.41) is 9.56. The fourth-order valence-electron chi connectivity index (χ4n) is 3.94. The van der Waals surface area contributed by atoms with Gasteiger partial charge >= 0.3 is 0 Å². The molecule has 27 heavy (non-hydrogen) atoms. The number of ether oxygens (including phenoxy) is 2. The van der Waals surface area contributed by atoms with Crippen molar-refractivity contribution in [2.24, 2.45) is 4.99 Å². The topological polar surface area (TPSA) is 87.2 Å². The molecule has 1 saturated carbocycles. The molecule has 1 heterocycles. The van der Waals surface area contributed by atoms with Crippen LogP contribution < -0.4 is 16.0 Å². The molecule has 2 aliphatic rings. The fraction of sp³-hybridized carbons (Fsp3) is 0.895. The van der Waals surface area contributed by atoms with E-state index in [0.29, 0.717) is 19.1 Å². The van der Waals surface area contributed by atoms with Crippen LogP contribution in [0.4, 0.5) is 0 Å². The zero-order valence-electron chi connectivity index (χ0n) is 17.0. The second kappa shape index (κ2) is 12.2. The van der Waals surface area contributed by atoms with Gasteiger partial charge in [-0.05, 0) is 19.8 Å². The Hall–Kier alpha value is -1.38. The van der Waals surface area contributed by atoms with Crippen molar-refractivity contribution in [3.05, 3.63) is 0 Å². The molecule has 0 unspecified atom stereocenters. The zero-order valence-corrected chi connectivity index (χ0v) is 17.0. The highest BCUT2D eigenvalue weighted by atomic mass is 16.5. The van der Waals surface area contributed by atoms with E-state index >= 15 is 0 Å². The van der Waals surface area contributed by atoms with Gasteiger partial charge in [0.1, 0.15) is 6.54 Å². The van der Waals surface area contributed by atoms with Crippen molar-refractivity contribution in [2.45, 2.75) is 44.6 Å². The Balaban J connectivity index is 1.92. The average molecular weight is 384 g/mol. The first-order valence-electron chi connectivity index (χ1n) is 10.3. The molecule has 1 saturated heterocycles. The second-order valence-corrected chi connectivity index (χ2v) is 7.28. The fourth-order valence-corrected chi connectivity index (χ4v) is 3.94. The first-order chi connectivity index (χ1) is 13.2. The van der Waals surface area contributed by atoms with Gasteiger partial charge in [-0.15, -0.1) is 0 Å². The number of nitrogens with zero attached hydrogens (tertiary/aromatic N) is 2. The van der Waals surface area contributed by atoms with Gasteiger partial charge in [-0.25, -0.2) is 4.99 Å². The highest BCUT2D eigenvalue weighted by Crippen LogP contribution is 2.33. The van der Waals surface area contributed by atoms with Gasteiger partial charge in [-0.3, -0.25) is 9.69 Å². The highest BCUT2D eigenvalue weighted by molar-refractivity contribution is 5.84. The number of hydrogen-bond donors (Lipinski definition) is 3. The van der Waals surface area contributed by atoms with Crippen LogP contribution in [0.1, 0.15) is 39.0 Å². The largest absolute Gasteiger partial charge is 0.383 e. The lowest BCUT2D eigenvalue weighted by molar-refractivity contribution is -0.119. The molecule has 8 heteroatoms. The van der Waals surface area contributed by atoms with E-state index < -0.39 is 0 Å². The van der Waals surface area contributed by atoms with Gasteiger partial charge in [-0.2, -0.15) is 0 Å². The molecule has 0 bridgehead atoms. The van der Waals surface area contributed by atoms with Crippen molar-refractivity contribution in [3.8, 4) is 0 Å². The Labute approximate surface area is 163 Å². The van der Waals surface area contributed by atoms with E-state index in [9.17, 15) is 4.79 Å². The first kappa shape index (κ1) is 21.9. The molecule has 2 fully saturated rings. The third-order valence-corrected chi connectivity index (χ3v) is 5.40. The van der Waals surface area contributed by atoms with Gasteiger partial charge in [0.25, 0.3) is 0 Å². The van der Waals surface area contributed by atoms with Crippen LogP contribution in [0.3, 0.4) is 0 Å². The zero-order chi connectivity index (χ0) is 19.4. The van der Waals surface area contributed by atoms with Gasteiger partial charge < -0.3 is 25.4 Å². The van der Waals surface area contributed by atoms with Crippen molar-refractivity contribution in [3.63, 3.8) is 0 Å². The Bertz CT molecular complexity index is 460. The Morgan fingerprint density at radius 3 is 2.56 bits per heavy atom. The predicted molar refractivity (Wildman–Crippen MR) is 107 cm³/mol. The molecule has 2 rings (SSSR count). The molecule has 0 radical (unpaired) electrons. The summed E-state index contributed by atoms with van der Waals surface area (Å²) in [6.45, 7) is 8.41. The van der Waals surface area contributed by atoms with E-state index in [1.54, 1.807) is 7.11 Å². The molecule has 8 nitrogen and oxygen atoms in total. The van der Waals surface area contributed by atoms with Gasteiger partial charge in [-0.1, -0.05) is 19.3 Å². The molecule has 0 aromatic rings. The number of rotatable bonds is 9. The summed E-state index contributed by atoms with van der Waals surface area (Å²) in [6, 6.07) is 0. The highest BCUT2D eigenvalue weighted by Gasteiger charge is 2.38. The number of aliphatic imine (C=N–C) groups is 1. The summed E-state index contributed by atoms with van der Waals surface area (Å²) in [6.07, 6.45) is 6.28. The number of nitrogens with one attached hydrogen (secondary N) is 3. The van der Waals surface area contributed by atoms with Crippen LogP contribution in [-0.2, 0) is 14.3 Å². The Morgan fingerprint density at radius 2 is 1.89 bits per heavy atom. The maximum absolute atomic E-state index is 11.9. The minimum atomic E-state index is -0.0928. The van der Waals surface area contributed by atoms with Gasteiger partial charge in [0, 0.05) is 45.4 Å². The molecule has 1 amide bonds. The van der Waals surface area contributed by atoms with E-state index in [-0.39, 0.29) is 18.0 Å². The third-order valence-electron chi connectivity index (χ3n) is 5.40. The smallest absolute Gasteiger partial charge is 0.241 e. The molecule has 0 spiro atoms. The standard InChI is InChI=1S/C19H37N5O3/c1-3-20-18(22-15-17(25)21-9-12-26-2)23-16-19(7-5-4-6-8-19)24-10-13-27-14-11-24/h3-16H2,1-2H3,(H,21,25)(H2,20,22,23). The number of carbonyl (C=O) groups excluding carboxylic acids is 1. The maximum atomic E-state index is 11.9. The molecule has 0 atom stereocenters. The molecular weight excluding hydrogens is 346 g/mol. The summed E-state index contributed by atoms with van der Waals surface area (Å²) in [5.41, 5.74) is 0.166. The van der Waals surface area contributed by atoms with Crippen LogP contribution in [0.2, 0.25) is 0 Å². The second-order valence-electron chi connectivity index (χ2n) is 7.28. The van der Waals surface area contributed by atoms with Crippen LogP contribution in [0.15, 0.2) is 4.99 Å². The lowest BCUT2D eigenvalue weighted by atomic mass is 9.80. The van der Waals surface area contributed by atoms with Crippen LogP contribution >= 0.6 is 0 Å². The van der Waals surface area contributed by atoms with E-state index in [1.807, 2.05) is 6.92 Å². The SMILES string of the molecule is CCNC(=NCC(=O)NCCOC)NCC1(N2CCOCC2)CCCCC1. The van der Waals surface area contributed by atoms with Gasteiger partial charge in [0.05, 0.1) is 19.8 Å². The lowest BCUT2D eigenvalue weighted by Crippen LogP contribution is -2.60. The summed E-state index contributed by atoms with van der Waals surface area (Å²) < 4.78 is 10.5. The van der Waals surface area contributed by atoms with Crippen molar-refractivity contribution >= 4 is 11.9 Å². The minimum absolute atomic E-state index is 0.0928. The molecular formula is C19H37N5O3. The number of guanidine groups is 1. The lowest BCUT2D eigenvalue weighted by Gasteiger charge is -2.48. The molecule has 156 valence electrons. The van der Waals surface area contributed by atoms with E-state index in [2.05, 4.69) is 25.8 Å². The summed E-state index contributed by atoms with van der Waals surface area (Å²) >= 11 is 0. The quantitative estimate of drug-likeness (QED) is 0.302. The maximum Gasteiger partial charge on any atom is 0.241 e. The van der Waals surface area contributed by atoms with Gasteiger partial charge in [0.15, 0.2) is 5.96 Å². The van der Waals surface area contributed by atoms with Crippen LogP contribution in [0, 0.1) is 0 Å². The van der Waals surface area contributed by atoms with E-state index in [1.165, 1.54) is 32.1 Å². The molecule has 3 N–H and O–H groups in total. The molecule has 0 aromatic heterocycles. The Kier molecular flexibility index (Phi) is 9.86. The predicted octanol–water partition coefficient (Wildman–Crippen LogP) is 0.339. The molecule has 1 aliphatic carbocycles. The Morgan fingerprint density at radius 1 is 1.15 bits per heavy atom. The molecule has 1 aliphatic heterocycles. The van der Waals surface area contributed by atoms with Crippen LogP contribution in [-0.4, -0.2) is 88.5 Å². The van der Waals surface area contributed by atoms with Crippen molar-refractivity contribution < 1.29 is 14.3 Å². The number of hydrogen-bond acceptors (Lipinski definition) is 5. The molecule has 0 aromatic carbocycles. The average Bonchev–Trinajstić information content (AvgIpc) is 2.71. The number of morpholine rings is 1. The van der Waals surface area contributed by atoms with Gasteiger partial charge in [0.2, 0.25) is 5.91 Å². The number of methoxy groups -OCH3 is 1. The van der Waals surface area contributed by atoms with Crippen LogP contribution in [0.5, 0.6) is 0 Å². The van der Waals surface area contributed by atoms with E-state index in [4.69, 9.17) is 9.47 Å². The van der Waals surface area contributed by atoms with Crippen molar-refractivity contribution in [1.29, 1.82) is 0 Å². The minimum Gasteiger partial charge on any atom is -0.383 e. The van der Waals surface area contributed by atoms with Crippen molar-refractivity contribution in [2.75, 3.05) is 66.2 Å². The van der Waals surface area contributed by atoms with Crippen molar-refractivity contribution in [1.82, 2.24) is 20.9 Å².